The summed E-state index contributed by atoms with van der Waals surface area (Å²) < 4.78 is 3.65. The van der Waals surface area contributed by atoms with Gasteiger partial charge in [0.15, 0.2) is 0 Å². The van der Waals surface area contributed by atoms with Crippen LogP contribution in [0.25, 0.3) is 0 Å². The molecule has 1 atom stereocenters. The van der Waals surface area contributed by atoms with Gasteiger partial charge in [0.25, 0.3) is 0 Å². The summed E-state index contributed by atoms with van der Waals surface area (Å²) in [5, 5.41) is 0. The van der Waals surface area contributed by atoms with Gasteiger partial charge in [-0.3, -0.25) is 4.98 Å². The molecular weight excluding hydrogens is 194 g/mol. The molecule has 0 saturated heterocycles. The number of aromatic nitrogens is 1. The van der Waals surface area contributed by atoms with Gasteiger partial charge in [0, 0.05) is 23.9 Å². The molecule has 1 heterocycles. The fourth-order valence-electron chi connectivity index (χ4n) is 1.27. The molecule has 0 amide bonds. The Bertz CT molecular complexity index is 336. The first-order valence-corrected chi connectivity index (χ1v) is 5.02. The Balaban J connectivity index is 3.13. The van der Waals surface area contributed by atoms with Crippen LogP contribution in [0.4, 0.5) is 5.69 Å². The number of hydrogen-bond donors (Lipinski definition) is 2. The van der Waals surface area contributed by atoms with Crippen LogP contribution in [0.5, 0.6) is 0 Å². The average molecular weight is 209 g/mol. The molecule has 1 unspecified atom stereocenters. The fourth-order valence-corrected chi connectivity index (χ4v) is 1.39. The molecular formula is C10H15N3S. The Hall–Kier alpha value is -1.03. The molecule has 0 aromatic carbocycles. The average Bonchev–Trinajstić information content (AvgIpc) is 2.20. The second-order valence-corrected chi connectivity index (χ2v) is 3.48. The smallest absolute Gasteiger partial charge is 0.0667 e. The van der Waals surface area contributed by atoms with E-state index in [1.807, 2.05) is 6.07 Å². The normalized spacial score (nSPS) is 13.4. The standard InChI is InChI=1S/C10H15N3S/c1-3-7(2)10-9(11)8(6-13-14)4-5-12-10/h4-7,14H,3,11H2,1-2H3/b13-6+. The van der Waals surface area contributed by atoms with E-state index < -0.39 is 0 Å². The van der Waals surface area contributed by atoms with Crippen LogP contribution in [0.2, 0.25) is 0 Å². The predicted molar refractivity (Wildman–Crippen MR) is 63.9 cm³/mol. The highest BCUT2D eigenvalue weighted by Crippen LogP contribution is 2.24. The molecule has 4 heteroatoms. The zero-order valence-corrected chi connectivity index (χ0v) is 9.33. The summed E-state index contributed by atoms with van der Waals surface area (Å²) in [4.78, 5) is 4.28. The molecule has 0 radical (unpaired) electrons. The van der Waals surface area contributed by atoms with Crippen LogP contribution in [-0.2, 0) is 0 Å². The highest BCUT2D eigenvalue weighted by Gasteiger charge is 2.10. The van der Waals surface area contributed by atoms with Gasteiger partial charge in [-0.05, 0) is 25.3 Å². The molecule has 14 heavy (non-hydrogen) atoms. The van der Waals surface area contributed by atoms with Crippen molar-refractivity contribution < 1.29 is 0 Å². The lowest BCUT2D eigenvalue weighted by Gasteiger charge is -2.11. The molecule has 0 spiro atoms. The molecule has 76 valence electrons. The van der Waals surface area contributed by atoms with Gasteiger partial charge in [0.05, 0.1) is 11.4 Å². The van der Waals surface area contributed by atoms with Gasteiger partial charge in [-0.2, -0.15) is 0 Å². The lowest BCUT2D eigenvalue weighted by atomic mass is 10.0. The van der Waals surface area contributed by atoms with Crippen LogP contribution >= 0.6 is 12.8 Å². The summed E-state index contributed by atoms with van der Waals surface area (Å²) in [7, 11) is 0. The SMILES string of the molecule is CCC(C)c1nccc(/C=N/S)c1N. The van der Waals surface area contributed by atoms with Crippen molar-refractivity contribution in [1.82, 2.24) is 4.98 Å². The van der Waals surface area contributed by atoms with Crippen molar-refractivity contribution in [3.8, 4) is 0 Å². The number of nitrogens with two attached hydrogens (primary N) is 1. The maximum atomic E-state index is 5.96. The summed E-state index contributed by atoms with van der Waals surface area (Å²) in [5.41, 5.74) is 8.49. The number of rotatable bonds is 3. The zero-order valence-electron chi connectivity index (χ0n) is 8.44. The van der Waals surface area contributed by atoms with Gasteiger partial charge < -0.3 is 5.73 Å². The Morgan fingerprint density at radius 1 is 1.71 bits per heavy atom. The molecule has 0 fully saturated rings. The summed E-state index contributed by atoms with van der Waals surface area (Å²) in [6.07, 6.45) is 4.41. The topological polar surface area (TPSA) is 51.3 Å². The molecule has 1 aromatic rings. The third-order valence-electron chi connectivity index (χ3n) is 2.33. The quantitative estimate of drug-likeness (QED) is 0.593. The van der Waals surface area contributed by atoms with E-state index in [4.69, 9.17) is 5.73 Å². The summed E-state index contributed by atoms with van der Waals surface area (Å²) in [6, 6.07) is 1.83. The molecule has 0 aliphatic heterocycles. The molecule has 1 rings (SSSR count). The number of pyridine rings is 1. The van der Waals surface area contributed by atoms with Crippen molar-refractivity contribution in [2.45, 2.75) is 26.2 Å². The third kappa shape index (κ3) is 2.26. The van der Waals surface area contributed by atoms with Gasteiger partial charge in [-0.25, -0.2) is 4.40 Å². The van der Waals surface area contributed by atoms with Crippen LogP contribution < -0.4 is 5.73 Å². The number of anilines is 1. The maximum Gasteiger partial charge on any atom is 0.0667 e. The largest absolute Gasteiger partial charge is 0.397 e. The Morgan fingerprint density at radius 2 is 2.43 bits per heavy atom. The minimum Gasteiger partial charge on any atom is -0.397 e. The van der Waals surface area contributed by atoms with E-state index in [-0.39, 0.29) is 0 Å². The van der Waals surface area contributed by atoms with E-state index >= 15 is 0 Å². The molecule has 0 saturated carbocycles. The number of thiol groups is 1. The zero-order chi connectivity index (χ0) is 10.6. The van der Waals surface area contributed by atoms with E-state index in [0.29, 0.717) is 11.6 Å². The minimum absolute atomic E-state index is 0.378. The minimum atomic E-state index is 0.378. The van der Waals surface area contributed by atoms with E-state index in [9.17, 15) is 0 Å². The summed E-state index contributed by atoms with van der Waals surface area (Å²) >= 11 is 3.78. The van der Waals surface area contributed by atoms with E-state index in [0.717, 1.165) is 17.7 Å². The molecule has 0 bridgehead atoms. The number of nitrogens with zero attached hydrogens (tertiary/aromatic N) is 2. The van der Waals surface area contributed by atoms with Crippen LogP contribution in [0, 0.1) is 0 Å². The van der Waals surface area contributed by atoms with Gasteiger partial charge >= 0.3 is 0 Å². The van der Waals surface area contributed by atoms with Crippen molar-refractivity contribution in [3.05, 3.63) is 23.5 Å². The maximum absolute atomic E-state index is 5.96. The van der Waals surface area contributed by atoms with Crippen LogP contribution in [0.15, 0.2) is 16.7 Å². The van der Waals surface area contributed by atoms with E-state index in [1.54, 1.807) is 12.4 Å². The van der Waals surface area contributed by atoms with Crippen molar-refractivity contribution >= 4 is 24.7 Å². The van der Waals surface area contributed by atoms with Gasteiger partial charge in [0.1, 0.15) is 0 Å². The number of hydrogen-bond acceptors (Lipinski definition) is 4. The van der Waals surface area contributed by atoms with Crippen molar-refractivity contribution in [2.24, 2.45) is 4.40 Å². The van der Waals surface area contributed by atoms with Gasteiger partial charge in [0.2, 0.25) is 0 Å². The third-order valence-corrected chi connectivity index (χ3v) is 2.45. The van der Waals surface area contributed by atoms with Crippen LogP contribution in [0.1, 0.15) is 37.4 Å². The van der Waals surface area contributed by atoms with Crippen LogP contribution in [0.3, 0.4) is 0 Å². The molecule has 0 aliphatic rings. The predicted octanol–water partition coefficient (Wildman–Crippen LogP) is 2.44. The monoisotopic (exact) mass is 209 g/mol. The second-order valence-electron chi connectivity index (χ2n) is 3.25. The van der Waals surface area contributed by atoms with E-state index in [2.05, 4.69) is 36.0 Å². The van der Waals surface area contributed by atoms with Gasteiger partial charge in [-0.1, -0.05) is 13.8 Å². The Morgan fingerprint density at radius 3 is 3.00 bits per heavy atom. The first-order valence-electron chi connectivity index (χ1n) is 4.62. The van der Waals surface area contributed by atoms with Crippen molar-refractivity contribution in [2.75, 3.05) is 5.73 Å². The summed E-state index contributed by atoms with van der Waals surface area (Å²) in [5.74, 6) is 0.378. The van der Waals surface area contributed by atoms with E-state index in [1.165, 1.54) is 0 Å². The highest BCUT2D eigenvalue weighted by atomic mass is 32.1. The first kappa shape index (κ1) is 11.0. The fraction of sp³-hybridized carbons (Fsp3) is 0.400. The molecule has 2 N–H and O–H groups in total. The second kappa shape index (κ2) is 5.00. The Labute approximate surface area is 90.0 Å². The first-order chi connectivity index (χ1) is 6.70. The number of nitrogen functional groups attached to an aromatic ring is 1. The Kier molecular flexibility index (Phi) is 3.95. The lowest BCUT2D eigenvalue weighted by molar-refractivity contribution is 0.711. The van der Waals surface area contributed by atoms with Gasteiger partial charge in [-0.15, -0.1) is 0 Å². The summed E-state index contributed by atoms with van der Waals surface area (Å²) in [6.45, 7) is 4.23. The van der Waals surface area contributed by atoms with Crippen LogP contribution in [-0.4, -0.2) is 11.2 Å². The van der Waals surface area contributed by atoms with Crippen molar-refractivity contribution in [1.29, 1.82) is 0 Å². The molecule has 0 aliphatic carbocycles. The molecule has 1 aromatic heterocycles. The molecule has 3 nitrogen and oxygen atoms in total. The lowest BCUT2D eigenvalue weighted by Crippen LogP contribution is -2.04. The highest BCUT2D eigenvalue weighted by molar-refractivity contribution is 7.79. The van der Waals surface area contributed by atoms with Crippen molar-refractivity contribution in [3.63, 3.8) is 0 Å².